The van der Waals surface area contributed by atoms with E-state index in [0.717, 1.165) is 4.47 Å². The number of sulfonamides is 1. The van der Waals surface area contributed by atoms with E-state index >= 15 is 0 Å². The predicted molar refractivity (Wildman–Crippen MR) is 75.4 cm³/mol. The molecule has 0 radical (unpaired) electrons. The first-order valence-corrected chi connectivity index (χ1v) is 7.82. The van der Waals surface area contributed by atoms with Crippen LogP contribution in [0.3, 0.4) is 0 Å². The molecule has 2 rings (SSSR count). The van der Waals surface area contributed by atoms with Crippen molar-refractivity contribution in [1.29, 1.82) is 0 Å². The molecule has 0 saturated carbocycles. The van der Waals surface area contributed by atoms with Gasteiger partial charge in [0.15, 0.2) is 5.03 Å². The fourth-order valence-corrected chi connectivity index (χ4v) is 3.23. The molecule has 0 saturated heterocycles. The summed E-state index contributed by atoms with van der Waals surface area (Å²) in [7, 11) is -2.00. The lowest BCUT2D eigenvalue weighted by molar-refractivity contribution is 0.583. The second kappa shape index (κ2) is 5.30. The molecule has 0 aromatic carbocycles. The molecule has 6 nitrogen and oxygen atoms in total. The zero-order valence-corrected chi connectivity index (χ0v) is 12.9. The number of anilines is 1. The van der Waals surface area contributed by atoms with Crippen molar-refractivity contribution < 1.29 is 8.42 Å². The van der Waals surface area contributed by atoms with Gasteiger partial charge in [-0.1, -0.05) is 0 Å². The Bertz CT molecular complexity index is 666. The fraction of sp³-hybridized carbons (Fsp3) is 0.273. The Labute approximate surface area is 120 Å². The fourth-order valence-electron chi connectivity index (χ4n) is 1.61. The van der Waals surface area contributed by atoms with E-state index in [9.17, 15) is 8.42 Å². The standard InChI is InChI=1S/C11H13BrN4O2S/c1-3-16(10-5-4-9(12)8-13-10)19(17,18)11-6-7-15(2)14-11/h4-8H,3H2,1-2H3. The van der Waals surface area contributed by atoms with E-state index in [1.165, 1.54) is 15.1 Å². The van der Waals surface area contributed by atoms with Crippen LogP contribution in [0.5, 0.6) is 0 Å². The van der Waals surface area contributed by atoms with Gasteiger partial charge in [-0.25, -0.2) is 9.29 Å². The van der Waals surface area contributed by atoms with Gasteiger partial charge in [0.1, 0.15) is 5.82 Å². The summed E-state index contributed by atoms with van der Waals surface area (Å²) in [6.45, 7) is 2.04. The van der Waals surface area contributed by atoms with Crippen LogP contribution in [0.1, 0.15) is 6.92 Å². The van der Waals surface area contributed by atoms with E-state index in [4.69, 9.17) is 0 Å². The maximum atomic E-state index is 12.5. The number of aromatic nitrogens is 3. The number of hydrogen-bond donors (Lipinski definition) is 0. The second-order valence-electron chi connectivity index (χ2n) is 3.83. The van der Waals surface area contributed by atoms with Crippen LogP contribution in [0.25, 0.3) is 0 Å². The van der Waals surface area contributed by atoms with Crippen molar-refractivity contribution in [3.05, 3.63) is 35.1 Å². The minimum Gasteiger partial charge on any atom is -0.274 e. The summed E-state index contributed by atoms with van der Waals surface area (Å²) in [5.74, 6) is 0.372. The minimum atomic E-state index is -3.67. The number of nitrogens with zero attached hydrogens (tertiary/aromatic N) is 4. The third-order valence-corrected chi connectivity index (χ3v) is 4.74. The van der Waals surface area contributed by atoms with E-state index in [0.29, 0.717) is 5.82 Å². The monoisotopic (exact) mass is 344 g/mol. The highest BCUT2D eigenvalue weighted by molar-refractivity contribution is 9.10. The maximum Gasteiger partial charge on any atom is 0.284 e. The quantitative estimate of drug-likeness (QED) is 0.847. The minimum absolute atomic E-state index is 0.0153. The summed E-state index contributed by atoms with van der Waals surface area (Å²) in [6, 6.07) is 4.86. The Morgan fingerprint density at radius 3 is 2.58 bits per heavy atom. The third kappa shape index (κ3) is 2.79. The molecule has 19 heavy (non-hydrogen) atoms. The Hall–Kier alpha value is -1.41. The van der Waals surface area contributed by atoms with Gasteiger partial charge in [0.05, 0.1) is 0 Å². The van der Waals surface area contributed by atoms with Crippen molar-refractivity contribution in [2.24, 2.45) is 7.05 Å². The van der Waals surface area contributed by atoms with Crippen LogP contribution in [0.15, 0.2) is 40.1 Å². The molecule has 0 amide bonds. The van der Waals surface area contributed by atoms with Crippen molar-refractivity contribution in [1.82, 2.24) is 14.8 Å². The summed E-state index contributed by atoms with van der Waals surface area (Å²) in [4.78, 5) is 4.11. The number of rotatable bonds is 4. The van der Waals surface area contributed by atoms with E-state index in [2.05, 4.69) is 26.0 Å². The van der Waals surface area contributed by atoms with E-state index in [-0.39, 0.29) is 11.6 Å². The molecule has 0 unspecified atom stereocenters. The molecule has 2 aromatic rings. The van der Waals surface area contributed by atoms with Gasteiger partial charge in [-0.3, -0.25) is 4.68 Å². The molecule has 0 atom stereocenters. The molecule has 0 aliphatic rings. The molecular formula is C11H13BrN4O2S. The van der Waals surface area contributed by atoms with Crippen LogP contribution in [0.4, 0.5) is 5.82 Å². The van der Waals surface area contributed by atoms with E-state index in [1.807, 2.05) is 0 Å². The number of pyridine rings is 1. The summed E-state index contributed by atoms with van der Waals surface area (Å²) in [5, 5.41) is 3.96. The van der Waals surface area contributed by atoms with Crippen molar-refractivity contribution >= 4 is 31.8 Å². The first-order valence-electron chi connectivity index (χ1n) is 5.59. The van der Waals surface area contributed by atoms with Crippen LogP contribution >= 0.6 is 15.9 Å². The Morgan fingerprint density at radius 1 is 1.37 bits per heavy atom. The lowest BCUT2D eigenvalue weighted by Gasteiger charge is -2.20. The van der Waals surface area contributed by atoms with Gasteiger partial charge in [0.25, 0.3) is 10.0 Å². The van der Waals surface area contributed by atoms with E-state index in [1.54, 1.807) is 38.5 Å². The zero-order valence-electron chi connectivity index (χ0n) is 10.5. The van der Waals surface area contributed by atoms with Crippen molar-refractivity contribution in [2.75, 3.05) is 10.8 Å². The summed E-state index contributed by atoms with van der Waals surface area (Å²) < 4.78 is 28.4. The molecule has 0 aliphatic carbocycles. The Kier molecular flexibility index (Phi) is 3.91. The van der Waals surface area contributed by atoms with Crippen LogP contribution in [-0.4, -0.2) is 29.7 Å². The lowest BCUT2D eigenvalue weighted by Crippen LogP contribution is -2.31. The highest BCUT2D eigenvalue weighted by Gasteiger charge is 2.26. The lowest BCUT2D eigenvalue weighted by atomic mass is 10.4. The van der Waals surface area contributed by atoms with Gasteiger partial charge in [0.2, 0.25) is 0 Å². The molecule has 0 fully saturated rings. The van der Waals surface area contributed by atoms with Crippen LogP contribution in [0.2, 0.25) is 0 Å². The van der Waals surface area contributed by atoms with Gasteiger partial charge in [-0.05, 0) is 41.1 Å². The summed E-state index contributed by atoms with van der Waals surface area (Å²) in [5.41, 5.74) is 0. The van der Waals surface area contributed by atoms with Gasteiger partial charge in [-0.2, -0.15) is 13.5 Å². The first-order chi connectivity index (χ1) is 8.95. The highest BCUT2D eigenvalue weighted by Crippen LogP contribution is 2.21. The Morgan fingerprint density at radius 2 is 2.11 bits per heavy atom. The van der Waals surface area contributed by atoms with Crippen LogP contribution < -0.4 is 4.31 Å². The molecule has 0 bridgehead atoms. The second-order valence-corrected chi connectivity index (χ2v) is 6.56. The molecule has 0 aliphatic heterocycles. The molecule has 0 N–H and O–H groups in total. The predicted octanol–water partition coefficient (Wildman–Crippen LogP) is 1.79. The van der Waals surface area contributed by atoms with Crippen molar-refractivity contribution in [3.63, 3.8) is 0 Å². The number of halogens is 1. The molecule has 2 aromatic heterocycles. The Balaban J connectivity index is 2.44. The van der Waals surface area contributed by atoms with Gasteiger partial charge in [-0.15, -0.1) is 0 Å². The van der Waals surface area contributed by atoms with Crippen molar-refractivity contribution in [3.8, 4) is 0 Å². The molecule has 8 heteroatoms. The van der Waals surface area contributed by atoms with Crippen molar-refractivity contribution in [2.45, 2.75) is 11.9 Å². The average Bonchev–Trinajstić information content (AvgIpc) is 2.80. The van der Waals surface area contributed by atoms with Crippen LogP contribution in [-0.2, 0) is 17.1 Å². The molecule has 0 spiro atoms. The normalized spacial score (nSPS) is 11.5. The third-order valence-electron chi connectivity index (χ3n) is 2.50. The van der Waals surface area contributed by atoms with E-state index < -0.39 is 10.0 Å². The molecule has 2 heterocycles. The van der Waals surface area contributed by atoms with Gasteiger partial charge < -0.3 is 0 Å². The first kappa shape index (κ1) is 14.0. The number of aryl methyl sites for hydroxylation is 1. The largest absolute Gasteiger partial charge is 0.284 e. The highest BCUT2D eigenvalue weighted by atomic mass is 79.9. The summed E-state index contributed by atoms with van der Waals surface area (Å²) in [6.07, 6.45) is 3.15. The topological polar surface area (TPSA) is 68.1 Å². The zero-order chi connectivity index (χ0) is 14.0. The molecule has 102 valence electrons. The summed E-state index contributed by atoms with van der Waals surface area (Å²) >= 11 is 3.27. The maximum absolute atomic E-state index is 12.5. The SMILES string of the molecule is CCN(c1ccc(Br)cn1)S(=O)(=O)c1ccn(C)n1. The number of hydrogen-bond acceptors (Lipinski definition) is 4. The van der Waals surface area contributed by atoms with Gasteiger partial charge in [0, 0.05) is 30.5 Å². The average molecular weight is 345 g/mol. The smallest absolute Gasteiger partial charge is 0.274 e. The molecular weight excluding hydrogens is 332 g/mol. The van der Waals surface area contributed by atoms with Gasteiger partial charge >= 0.3 is 0 Å². The van der Waals surface area contributed by atoms with Crippen LogP contribution in [0, 0.1) is 0 Å².